The molecule has 3 saturated carbocycles. The number of rotatable bonds is 3. The Morgan fingerprint density at radius 1 is 1.00 bits per heavy atom. The summed E-state index contributed by atoms with van der Waals surface area (Å²) >= 11 is 0. The molecule has 2 heteroatoms. The van der Waals surface area contributed by atoms with Gasteiger partial charge in [-0.15, -0.1) is 0 Å². The van der Waals surface area contributed by atoms with Gasteiger partial charge in [0, 0.05) is 0 Å². The van der Waals surface area contributed by atoms with E-state index in [1.807, 2.05) is 0 Å². The summed E-state index contributed by atoms with van der Waals surface area (Å²) in [6.45, 7) is 4.59. The molecule has 0 aliphatic heterocycles. The minimum atomic E-state index is -0.655. The van der Waals surface area contributed by atoms with E-state index in [0.29, 0.717) is 17.3 Å². The molecule has 2 nitrogen and oxygen atoms in total. The summed E-state index contributed by atoms with van der Waals surface area (Å²) in [5.74, 6) is 0.844. The SMILES string of the molecule is CC1(C)CCC(C#N)(C(O)(C2CC2)C2CC2)CC1. The summed E-state index contributed by atoms with van der Waals surface area (Å²) < 4.78 is 0. The van der Waals surface area contributed by atoms with Crippen LogP contribution in [0.4, 0.5) is 0 Å². The van der Waals surface area contributed by atoms with E-state index < -0.39 is 11.0 Å². The van der Waals surface area contributed by atoms with E-state index in [9.17, 15) is 10.4 Å². The third kappa shape index (κ3) is 1.71. The number of nitriles is 1. The van der Waals surface area contributed by atoms with Gasteiger partial charge in [-0.25, -0.2) is 0 Å². The van der Waals surface area contributed by atoms with Crippen molar-refractivity contribution in [3.8, 4) is 6.07 Å². The van der Waals surface area contributed by atoms with Gasteiger partial charge < -0.3 is 5.11 Å². The van der Waals surface area contributed by atoms with Crippen molar-refractivity contribution in [3.05, 3.63) is 0 Å². The second-order valence-corrected chi connectivity index (χ2v) is 7.73. The predicted octanol–water partition coefficient (Wildman–Crippen LogP) is 3.65. The first kappa shape index (κ1) is 12.5. The Morgan fingerprint density at radius 2 is 1.44 bits per heavy atom. The fourth-order valence-electron chi connectivity index (χ4n) is 4.12. The molecule has 3 aliphatic rings. The van der Waals surface area contributed by atoms with Gasteiger partial charge in [0.25, 0.3) is 0 Å². The van der Waals surface area contributed by atoms with E-state index in [-0.39, 0.29) is 0 Å². The van der Waals surface area contributed by atoms with E-state index in [1.165, 1.54) is 0 Å². The topological polar surface area (TPSA) is 44.0 Å². The fourth-order valence-corrected chi connectivity index (χ4v) is 4.12. The van der Waals surface area contributed by atoms with E-state index in [1.54, 1.807) is 0 Å². The van der Waals surface area contributed by atoms with Gasteiger partial charge in [-0.2, -0.15) is 5.26 Å². The van der Waals surface area contributed by atoms with Crippen molar-refractivity contribution in [3.63, 3.8) is 0 Å². The molecular formula is C16H25NO. The highest BCUT2D eigenvalue weighted by molar-refractivity contribution is 5.21. The zero-order chi connectivity index (χ0) is 13.0. The Bertz CT molecular complexity index is 362. The molecule has 0 aromatic rings. The molecule has 0 bridgehead atoms. The highest BCUT2D eigenvalue weighted by atomic mass is 16.3. The molecule has 0 aromatic carbocycles. The summed E-state index contributed by atoms with van der Waals surface area (Å²) in [6, 6.07) is 2.59. The maximum Gasteiger partial charge on any atom is 0.0889 e. The van der Waals surface area contributed by atoms with Crippen LogP contribution in [0.25, 0.3) is 0 Å². The Labute approximate surface area is 110 Å². The smallest absolute Gasteiger partial charge is 0.0889 e. The van der Waals surface area contributed by atoms with Crippen LogP contribution in [0.15, 0.2) is 0 Å². The van der Waals surface area contributed by atoms with Gasteiger partial charge in [-0.1, -0.05) is 13.8 Å². The molecular weight excluding hydrogens is 222 g/mol. The van der Waals surface area contributed by atoms with E-state index in [0.717, 1.165) is 51.4 Å². The summed E-state index contributed by atoms with van der Waals surface area (Å²) in [7, 11) is 0. The molecule has 0 amide bonds. The van der Waals surface area contributed by atoms with Gasteiger partial charge in [0.15, 0.2) is 0 Å². The van der Waals surface area contributed by atoms with Crippen LogP contribution in [0.5, 0.6) is 0 Å². The first-order chi connectivity index (χ1) is 8.44. The zero-order valence-corrected chi connectivity index (χ0v) is 11.7. The maximum atomic E-state index is 11.3. The monoisotopic (exact) mass is 247 g/mol. The molecule has 0 unspecified atom stereocenters. The lowest BCUT2D eigenvalue weighted by atomic mass is 9.56. The Morgan fingerprint density at radius 3 is 1.78 bits per heavy atom. The maximum absolute atomic E-state index is 11.3. The summed E-state index contributed by atoms with van der Waals surface area (Å²) in [6.07, 6.45) is 8.53. The first-order valence-corrected chi connectivity index (χ1v) is 7.57. The van der Waals surface area contributed by atoms with Crippen molar-refractivity contribution >= 4 is 0 Å². The van der Waals surface area contributed by atoms with Crippen LogP contribution in [-0.4, -0.2) is 10.7 Å². The molecule has 18 heavy (non-hydrogen) atoms. The molecule has 0 heterocycles. The molecule has 0 spiro atoms. The normalized spacial score (nSPS) is 30.8. The summed E-state index contributed by atoms with van der Waals surface area (Å²) in [5, 5.41) is 21.1. The number of hydrogen-bond donors (Lipinski definition) is 1. The minimum absolute atomic E-state index is 0.356. The highest BCUT2D eigenvalue weighted by Crippen LogP contribution is 2.64. The average molecular weight is 247 g/mol. The molecule has 0 radical (unpaired) electrons. The van der Waals surface area contributed by atoms with Gasteiger partial charge in [-0.05, 0) is 68.6 Å². The highest BCUT2D eigenvalue weighted by Gasteiger charge is 2.65. The van der Waals surface area contributed by atoms with E-state index >= 15 is 0 Å². The third-order valence-electron chi connectivity index (χ3n) is 5.84. The molecule has 3 aliphatic carbocycles. The largest absolute Gasteiger partial charge is 0.388 e. The van der Waals surface area contributed by atoms with Gasteiger partial charge in [0.1, 0.15) is 0 Å². The van der Waals surface area contributed by atoms with Gasteiger partial charge in [-0.3, -0.25) is 0 Å². The quantitative estimate of drug-likeness (QED) is 0.827. The van der Waals surface area contributed by atoms with Crippen LogP contribution in [0.1, 0.15) is 65.2 Å². The van der Waals surface area contributed by atoms with Crippen molar-refractivity contribution in [2.24, 2.45) is 22.7 Å². The lowest BCUT2D eigenvalue weighted by Crippen LogP contribution is -2.53. The lowest BCUT2D eigenvalue weighted by molar-refractivity contribution is -0.117. The van der Waals surface area contributed by atoms with Crippen molar-refractivity contribution in [2.45, 2.75) is 70.8 Å². The summed E-state index contributed by atoms with van der Waals surface area (Å²) in [4.78, 5) is 0. The van der Waals surface area contributed by atoms with Gasteiger partial charge >= 0.3 is 0 Å². The van der Waals surface area contributed by atoms with Crippen LogP contribution in [-0.2, 0) is 0 Å². The molecule has 0 saturated heterocycles. The fraction of sp³-hybridized carbons (Fsp3) is 0.938. The molecule has 100 valence electrons. The molecule has 3 rings (SSSR count). The second kappa shape index (κ2) is 3.73. The van der Waals surface area contributed by atoms with Crippen molar-refractivity contribution in [1.82, 2.24) is 0 Å². The number of hydrogen-bond acceptors (Lipinski definition) is 2. The van der Waals surface area contributed by atoms with Gasteiger partial charge in [0.2, 0.25) is 0 Å². The molecule has 1 N–H and O–H groups in total. The van der Waals surface area contributed by atoms with Crippen LogP contribution in [0.3, 0.4) is 0 Å². The van der Waals surface area contributed by atoms with E-state index in [2.05, 4.69) is 19.9 Å². The van der Waals surface area contributed by atoms with Crippen LogP contribution in [0.2, 0.25) is 0 Å². The Hall–Kier alpha value is -0.550. The predicted molar refractivity (Wildman–Crippen MR) is 70.7 cm³/mol. The lowest BCUT2D eigenvalue weighted by Gasteiger charge is -2.49. The van der Waals surface area contributed by atoms with Crippen molar-refractivity contribution < 1.29 is 5.11 Å². The van der Waals surface area contributed by atoms with Crippen LogP contribution in [0, 0.1) is 34.0 Å². The van der Waals surface area contributed by atoms with Crippen molar-refractivity contribution in [2.75, 3.05) is 0 Å². The molecule has 3 fully saturated rings. The third-order valence-corrected chi connectivity index (χ3v) is 5.84. The van der Waals surface area contributed by atoms with Crippen molar-refractivity contribution in [1.29, 1.82) is 5.26 Å². The van der Waals surface area contributed by atoms with Crippen LogP contribution < -0.4 is 0 Å². The molecule has 0 atom stereocenters. The summed E-state index contributed by atoms with van der Waals surface area (Å²) in [5.41, 5.74) is -0.739. The Kier molecular flexibility index (Phi) is 2.59. The first-order valence-electron chi connectivity index (χ1n) is 7.57. The van der Waals surface area contributed by atoms with Gasteiger partial charge in [0.05, 0.1) is 17.1 Å². The number of nitrogens with zero attached hydrogens (tertiary/aromatic N) is 1. The van der Waals surface area contributed by atoms with Crippen LogP contribution >= 0.6 is 0 Å². The second-order valence-electron chi connectivity index (χ2n) is 7.73. The minimum Gasteiger partial charge on any atom is -0.388 e. The Balaban J connectivity index is 1.89. The van der Waals surface area contributed by atoms with E-state index in [4.69, 9.17) is 0 Å². The standard InChI is InChI=1S/C16H25NO/c1-14(2)7-9-15(11-17,10-8-14)16(18,12-3-4-12)13-5-6-13/h12-13,18H,3-10H2,1-2H3. The average Bonchev–Trinajstić information content (AvgIpc) is 3.19. The number of aliphatic hydroxyl groups is 1. The molecule has 0 aromatic heterocycles. The zero-order valence-electron chi connectivity index (χ0n) is 11.7.